The van der Waals surface area contributed by atoms with Crippen molar-refractivity contribution in [1.29, 1.82) is 0 Å². The van der Waals surface area contributed by atoms with Gasteiger partial charge in [-0.1, -0.05) is 43.2 Å². The molecule has 0 unspecified atom stereocenters. The van der Waals surface area contributed by atoms with Crippen LogP contribution in [-0.2, 0) is 0 Å². The van der Waals surface area contributed by atoms with Crippen LogP contribution in [0, 0.1) is 6.92 Å². The molecule has 3 aromatic rings. The summed E-state index contributed by atoms with van der Waals surface area (Å²) in [5, 5.41) is 8.25. The van der Waals surface area contributed by atoms with E-state index in [4.69, 9.17) is 4.98 Å². The first kappa shape index (κ1) is 13.3. The average Bonchev–Trinajstić information content (AvgIpc) is 3.16. The molecule has 0 bridgehead atoms. The van der Waals surface area contributed by atoms with Crippen LogP contribution in [0.1, 0.15) is 31.4 Å². The van der Waals surface area contributed by atoms with E-state index in [1.165, 1.54) is 25.7 Å². The summed E-state index contributed by atoms with van der Waals surface area (Å²) in [4.78, 5) is 4.76. The second-order valence-corrected chi connectivity index (χ2v) is 6.07. The fourth-order valence-corrected chi connectivity index (χ4v) is 3.23. The second kappa shape index (κ2) is 5.44. The van der Waals surface area contributed by atoms with E-state index in [9.17, 15) is 0 Å². The standard InChI is InChI=1S/C18H20N4/c1-13-11-17-20-16(14-7-3-2-4-8-14)12-18(22(17)21-13)19-15-9-5-6-10-15/h2-4,7-8,11-12,15,19H,5-6,9-10H2,1H3. The molecule has 0 atom stereocenters. The van der Waals surface area contributed by atoms with Crippen LogP contribution >= 0.6 is 0 Å². The highest BCUT2D eigenvalue weighted by molar-refractivity contribution is 5.66. The Bertz CT molecular complexity index is 785. The SMILES string of the molecule is Cc1cc2nc(-c3ccccc3)cc(NC3CCCC3)n2n1. The van der Waals surface area contributed by atoms with E-state index >= 15 is 0 Å². The van der Waals surface area contributed by atoms with Crippen LogP contribution in [0.2, 0.25) is 0 Å². The van der Waals surface area contributed by atoms with Crippen molar-refractivity contribution < 1.29 is 0 Å². The Kier molecular flexibility index (Phi) is 3.29. The quantitative estimate of drug-likeness (QED) is 0.791. The van der Waals surface area contributed by atoms with Gasteiger partial charge >= 0.3 is 0 Å². The lowest BCUT2D eigenvalue weighted by atomic mass is 10.1. The molecule has 1 saturated carbocycles. The number of fused-ring (bicyclic) bond motifs is 1. The third kappa shape index (κ3) is 2.45. The zero-order chi connectivity index (χ0) is 14.9. The lowest BCUT2D eigenvalue weighted by molar-refractivity contribution is 0.739. The molecule has 112 valence electrons. The Morgan fingerprint density at radius 3 is 2.64 bits per heavy atom. The number of anilines is 1. The van der Waals surface area contributed by atoms with Gasteiger partial charge in [-0.3, -0.25) is 0 Å². The summed E-state index contributed by atoms with van der Waals surface area (Å²) in [5.41, 5.74) is 4.03. The van der Waals surface area contributed by atoms with Gasteiger partial charge < -0.3 is 5.32 Å². The van der Waals surface area contributed by atoms with Crippen molar-refractivity contribution in [3.05, 3.63) is 48.2 Å². The first-order valence-corrected chi connectivity index (χ1v) is 7.99. The third-order valence-electron chi connectivity index (χ3n) is 4.33. The predicted octanol–water partition coefficient (Wildman–Crippen LogP) is 4.06. The van der Waals surface area contributed by atoms with Crippen molar-refractivity contribution in [2.75, 3.05) is 5.32 Å². The first-order chi connectivity index (χ1) is 10.8. The highest BCUT2D eigenvalue weighted by Gasteiger charge is 2.17. The number of hydrogen-bond donors (Lipinski definition) is 1. The first-order valence-electron chi connectivity index (χ1n) is 7.99. The van der Waals surface area contributed by atoms with Gasteiger partial charge in [0.2, 0.25) is 0 Å². The van der Waals surface area contributed by atoms with Crippen molar-refractivity contribution in [2.24, 2.45) is 0 Å². The van der Waals surface area contributed by atoms with Crippen LogP contribution in [0.5, 0.6) is 0 Å². The highest BCUT2D eigenvalue weighted by Crippen LogP contribution is 2.26. The Balaban J connectivity index is 1.81. The van der Waals surface area contributed by atoms with Gasteiger partial charge in [0.15, 0.2) is 5.65 Å². The molecule has 1 aliphatic carbocycles. The Morgan fingerprint density at radius 1 is 1.09 bits per heavy atom. The lowest BCUT2D eigenvalue weighted by Gasteiger charge is -2.15. The summed E-state index contributed by atoms with van der Waals surface area (Å²) in [6.07, 6.45) is 5.11. The minimum atomic E-state index is 0.554. The fourth-order valence-electron chi connectivity index (χ4n) is 3.23. The molecule has 0 saturated heterocycles. The molecular weight excluding hydrogens is 272 g/mol. The number of rotatable bonds is 3. The molecule has 1 N–H and O–H groups in total. The van der Waals surface area contributed by atoms with E-state index in [1.807, 2.05) is 35.7 Å². The summed E-state index contributed by atoms with van der Waals surface area (Å²) >= 11 is 0. The molecule has 4 heteroatoms. The van der Waals surface area contributed by atoms with Crippen LogP contribution in [0.25, 0.3) is 16.9 Å². The topological polar surface area (TPSA) is 42.2 Å². The van der Waals surface area contributed by atoms with Crippen LogP contribution in [-0.4, -0.2) is 20.6 Å². The van der Waals surface area contributed by atoms with Crippen LogP contribution in [0.3, 0.4) is 0 Å². The molecule has 0 amide bonds. The predicted molar refractivity (Wildman–Crippen MR) is 89.0 cm³/mol. The summed E-state index contributed by atoms with van der Waals surface area (Å²) in [6.45, 7) is 2.01. The minimum absolute atomic E-state index is 0.554. The molecular formula is C18H20N4. The number of nitrogens with zero attached hydrogens (tertiary/aromatic N) is 3. The third-order valence-corrected chi connectivity index (χ3v) is 4.33. The van der Waals surface area contributed by atoms with E-state index in [-0.39, 0.29) is 0 Å². The van der Waals surface area contributed by atoms with E-state index < -0.39 is 0 Å². The lowest BCUT2D eigenvalue weighted by Crippen LogP contribution is -2.17. The summed E-state index contributed by atoms with van der Waals surface area (Å²) in [6, 6.07) is 15.0. The maximum atomic E-state index is 4.76. The van der Waals surface area contributed by atoms with Gasteiger partial charge in [-0.05, 0) is 19.8 Å². The average molecular weight is 292 g/mol. The summed E-state index contributed by atoms with van der Waals surface area (Å²) < 4.78 is 1.93. The van der Waals surface area contributed by atoms with E-state index in [1.54, 1.807) is 0 Å². The minimum Gasteiger partial charge on any atom is -0.367 e. The van der Waals surface area contributed by atoms with E-state index in [2.05, 4.69) is 28.6 Å². The Labute approximate surface area is 130 Å². The number of nitrogens with one attached hydrogen (secondary N) is 1. The maximum absolute atomic E-state index is 4.76. The van der Waals surface area contributed by atoms with Crippen LogP contribution in [0.15, 0.2) is 42.5 Å². The fraction of sp³-hybridized carbons (Fsp3) is 0.333. The van der Waals surface area contributed by atoms with Crippen molar-refractivity contribution in [2.45, 2.75) is 38.6 Å². The van der Waals surface area contributed by atoms with Gasteiger partial charge in [-0.2, -0.15) is 9.61 Å². The zero-order valence-corrected chi connectivity index (χ0v) is 12.8. The summed E-state index contributed by atoms with van der Waals surface area (Å²) in [5.74, 6) is 1.05. The molecule has 0 aliphatic heterocycles. The maximum Gasteiger partial charge on any atom is 0.158 e. The molecule has 0 spiro atoms. The van der Waals surface area contributed by atoms with Crippen LogP contribution in [0.4, 0.5) is 5.82 Å². The normalized spacial score (nSPS) is 15.5. The molecule has 1 aliphatic rings. The number of aromatic nitrogens is 3. The summed E-state index contributed by atoms with van der Waals surface area (Å²) in [7, 11) is 0. The van der Waals surface area contributed by atoms with Gasteiger partial charge in [0.1, 0.15) is 5.82 Å². The van der Waals surface area contributed by atoms with Gasteiger partial charge in [-0.25, -0.2) is 4.98 Å². The van der Waals surface area contributed by atoms with Crippen molar-refractivity contribution in [1.82, 2.24) is 14.6 Å². The van der Waals surface area contributed by atoms with Crippen molar-refractivity contribution >= 4 is 11.5 Å². The molecule has 0 radical (unpaired) electrons. The highest BCUT2D eigenvalue weighted by atomic mass is 15.3. The van der Waals surface area contributed by atoms with E-state index in [0.29, 0.717) is 6.04 Å². The number of aryl methyl sites for hydroxylation is 1. The molecule has 2 heterocycles. The number of benzene rings is 1. The van der Waals surface area contributed by atoms with Gasteiger partial charge in [0.05, 0.1) is 11.4 Å². The zero-order valence-electron chi connectivity index (χ0n) is 12.8. The van der Waals surface area contributed by atoms with Gasteiger partial charge in [0.25, 0.3) is 0 Å². The van der Waals surface area contributed by atoms with Gasteiger partial charge in [0, 0.05) is 23.7 Å². The van der Waals surface area contributed by atoms with Crippen molar-refractivity contribution in [3.8, 4) is 11.3 Å². The van der Waals surface area contributed by atoms with Gasteiger partial charge in [-0.15, -0.1) is 0 Å². The molecule has 2 aromatic heterocycles. The van der Waals surface area contributed by atoms with Crippen molar-refractivity contribution in [3.63, 3.8) is 0 Å². The molecule has 4 nitrogen and oxygen atoms in total. The molecule has 1 aromatic carbocycles. The Hall–Kier alpha value is -2.36. The molecule has 4 rings (SSSR count). The second-order valence-electron chi connectivity index (χ2n) is 6.07. The molecule has 1 fully saturated rings. The smallest absolute Gasteiger partial charge is 0.158 e. The van der Waals surface area contributed by atoms with Crippen LogP contribution < -0.4 is 5.32 Å². The number of hydrogen-bond acceptors (Lipinski definition) is 3. The monoisotopic (exact) mass is 292 g/mol. The molecule has 22 heavy (non-hydrogen) atoms. The Morgan fingerprint density at radius 2 is 1.86 bits per heavy atom. The van der Waals surface area contributed by atoms with E-state index in [0.717, 1.165) is 28.4 Å². The largest absolute Gasteiger partial charge is 0.367 e.